The molecule has 0 saturated carbocycles. The highest BCUT2D eigenvalue weighted by Gasteiger charge is 2.19. The molecule has 2 aromatic rings. The van der Waals surface area contributed by atoms with E-state index in [9.17, 15) is 4.79 Å². The number of carbonyl (C=O) groups is 1. The fourth-order valence-electron chi connectivity index (χ4n) is 3.12. The minimum Gasteiger partial charge on any atom is -0.493 e. The molecule has 1 aliphatic heterocycles. The molecule has 0 saturated heterocycles. The Morgan fingerprint density at radius 1 is 1.07 bits per heavy atom. The Bertz CT molecular complexity index is 855. The Balaban J connectivity index is 1.49. The van der Waals surface area contributed by atoms with E-state index in [0.717, 1.165) is 35.6 Å². The van der Waals surface area contributed by atoms with Gasteiger partial charge in [0.05, 0.1) is 20.3 Å². The van der Waals surface area contributed by atoms with Crippen LogP contribution in [0.1, 0.15) is 18.1 Å². The second kappa shape index (κ2) is 9.52. The van der Waals surface area contributed by atoms with E-state index in [4.69, 9.17) is 18.9 Å². The summed E-state index contributed by atoms with van der Waals surface area (Å²) in [5.74, 6) is 2.86. The number of rotatable bonds is 9. The Hall–Kier alpha value is -2.93. The van der Waals surface area contributed by atoms with Crippen molar-refractivity contribution in [2.45, 2.75) is 25.9 Å². The molecule has 1 N–H and O–H groups in total. The number of hydrogen-bond donors (Lipinski definition) is 1. The van der Waals surface area contributed by atoms with Gasteiger partial charge in [-0.3, -0.25) is 9.69 Å². The Labute approximate surface area is 171 Å². The van der Waals surface area contributed by atoms with E-state index in [-0.39, 0.29) is 18.7 Å². The Morgan fingerprint density at radius 3 is 2.55 bits per heavy atom. The fourth-order valence-corrected chi connectivity index (χ4v) is 3.12. The molecule has 0 spiro atoms. The first kappa shape index (κ1) is 20.8. The molecule has 1 unspecified atom stereocenters. The third-order valence-corrected chi connectivity index (χ3v) is 5.15. The van der Waals surface area contributed by atoms with Gasteiger partial charge in [0, 0.05) is 13.1 Å². The van der Waals surface area contributed by atoms with Gasteiger partial charge in [-0.2, -0.15) is 0 Å². The van der Waals surface area contributed by atoms with Crippen molar-refractivity contribution in [2.75, 3.05) is 34.6 Å². The summed E-state index contributed by atoms with van der Waals surface area (Å²) < 4.78 is 21.3. The van der Waals surface area contributed by atoms with Gasteiger partial charge in [-0.1, -0.05) is 12.1 Å². The van der Waals surface area contributed by atoms with Crippen LogP contribution in [0.3, 0.4) is 0 Å². The van der Waals surface area contributed by atoms with Gasteiger partial charge in [-0.05, 0) is 55.8 Å². The summed E-state index contributed by atoms with van der Waals surface area (Å²) in [5.41, 5.74) is 2.10. The summed E-state index contributed by atoms with van der Waals surface area (Å²) in [6, 6.07) is 11.3. The lowest BCUT2D eigenvalue weighted by Gasteiger charge is -2.24. The number of methoxy groups -OCH3 is 2. The maximum absolute atomic E-state index is 12.5. The normalized spacial score (nSPS) is 13.3. The van der Waals surface area contributed by atoms with Crippen LogP contribution >= 0.6 is 0 Å². The zero-order valence-electron chi connectivity index (χ0n) is 17.4. The molecule has 156 valence electrons. The minimum atomic E-state index is -0.246. The topological polar surface area (TPSA) is 69.3 Å². The highest BCUT2D eigenvalue weighted by molar-refractivity contribution is 5.81. The van der Waals surface area contributed by atoms with Gasteiger partial charge >= 0.3 is 0 Å². The van der Waals surface area contributed by atoms with Crippen molar-refractivity contribution in [2.24, 2.45) is 0 Å². The molecule has 29 heavy (non-hydrogen) atoms. The van der Waals surface area contributed by atoms with Crippen molar-refractivity contribution < 1.29 is 23.7 Å². The first-order valence-electron chi connectivity index (χ1n) is 9.59. The van der Waals surface area contributed by atoms with Gasteiger partial charge in [0.1, 0.15) is 0 Å². The van der Waals surface area contributed by atoms with Gasteiger partial charge in [0.15, 0.2) is 23.0 Å². The first-order chi connectivity index (χ1) is 14.0. The van der Waals surface area contributed by atoms with Crippen LogP contribution in [0.2, 0.25) is 0 Å². The van der Waals surface area contributed by atoms with Crippen molar-refractivity contribution in [1.29, 1.82) is 0 Å². The lowest BCUT2D eigenvalue weighted by atomic mass is 10.1. The summed E-state index contributed by atoms with van der Waals surface area (Å²) in [6.07, 6.45) is 0.802. The fraction of sp³-hybridized carbons (Fsp3) is 0.409. The number of benzene rings is 2. The molecular formula is C22H28N2O5. The van der Waals surface area contributed by atoms with Gasteiger partial charge in [-0.15, -0.1) is 0 Å². The van der Waals surface area contributed by atoms with Crippen LogP contribution in [0.5, 0.6) is 23.0 Å². The van der Waals surface area contributed by atoms with Crippen LogP contribution < -0.4 is 24.3 Å². The maximum Gasteiger partial charge on any atom is 0.237 e. The van der Waals surface area contributed by atoms with Crippen LogP contribution in [-0.4, -0.2) is 51.5 Å². The van der Waals surface area contributed by atoms with Crippen molar-refractivity contribution in [3.63, 3.8) is 0 Å². The van der Waals surface area contributed by atoms with E-state index in [2.05, 4.69) is 5.32 Å². The van der Waals surface area contributed by atoms with E-state index in [1.54, 1.807) is 14.2 Å². The molecule has 1 aliphatic rings. The van der Waals surface area contributed by atoms with Crippen molar-refractivity contribution in [3.05, 3.63) is 47.5 Å². The van der Waals surface area contributed by atoms with Crippen molar-refractivity contribution in [1.82, 2.24) is 10.2 Å². The SMILES string of the molecule is COc1ccc(CCN(C)C(C)C(=O)NCc2ccc3c(c2)OCO3)cc1OC. The highest BCUT2D eigenvalue weighted by Crippen LogP contribution is 2.32. The zero-order chi connectivity index (χ0) is 20.8. The summed E-state index contributed by atoms with van der Waals surface area (Å²) in [7, 11) is 5.20. The van der Waals surface area contributed by atoms with Crippen LogP contribution in [0.4, 0.5) is 0 Å². The van der Waals surface area contributed by atoms with Gasteiger partial charge < -0.3 is 24.3 Å². The molecule has 1 atom stereocenters. The second-order valence-corrected chi connectivity index (χ2v) is 7.00. The average Bonchev–Trinajstić information content (AvgIpc) is 3.22. The molecule has 7 nitrogen and oxygen atoms in total. The molecule has 0 fully saturated rings. The Morgan fingerprint density at radius 2 is 1.79 bits per heavy atom. The predicted octanol–water partition coefficient (Wildman–Crippen LogP) is 2.61. The Kier molecular flexibility index (Phi) is 6.82. The van der Waals surface area contributed by atoms with Gasteiger partial charge in [-0.25, -0.2) is 0 Å². The molecule has 0 aromatic heterocycles. The molecule has 3 rings (SSSR count). The maximum atomic E-state index is 12.5. The van der Waals surface area contributed by atoms with Crippen LogP contribution in [0.25, 0.3) is 0 Å². The lowest BCUT2D eigenvalue weighted by molar-refractivity contribution is -0.125. The van der Waals surface area contributed by atoms with E-state index in [1.807, 2.05) is 55.3 Å². The number of hydrogen-bond acceptors (Lipinski definition) is 6. The monoisotopic (exact) mass is 400 g/mol. The van der Waals surface area contributed by atoms with Crippen LogP contribution in [0.15, 0.2) is 36.4 Å². The third kappa shape index (κ3) is 5.12. The van der Waals surface area contributed by atoms with E-state index in [1.165, 1.54) is 0 Å². The number of carbonyl (C=O) groups excluding carboxylic acids is 1. The van der Waals surface area contributed by atoms with E-state index >= 15 is 0 Å². The smallest absolute Gasteiger partial charge is 0.237 e. The third-order valence-electron chi connectivity index (χ3n) is 5.15. The van der Waals surface area contributed by atoms with Gasteiger partial charge in [0.25, 0.3) is 0 Å². The summed E-state index contributed by atoms with van der Waals surface area (Å²) in [6.45, 7) is 3.34. The van der Waals surface area contributed by atoms with E-state index < -0.39 is 0 Å². The number of fused-ring (bicyclic) bond motifs is 1. The van der Waals surface area contributed by atoms with Crippen molar-refractivity contribution >= 4 is 5.91 Å². The van der Waals surface area contributed by atoms with E-state index in [0.29, 0.717) is 18.0 Å². The molecule has 0 radical (unpaired) electrons. The van der Waals surface area contributed by atoms with Crippen molar-refractivity contribution in [3.8, 4) is 23.0 Å². The summed E-state index contributed by atoms with van der Waals surface area (Å²) in [5, 5.41) is 2.99. The highest BCUT2D eigenvalue weighted by atomic mass is 16.7. The lowest BCUT2D eigenvalue weighted by Crippen LogP contribution is -2.43. The predicted molar refractivity (Wildman–Crippen MR) is 110 cm³/mol. The number of nitrogens with zero attached hydrogens (tertiary/aromatic N) is 1. The number of amides is 1. The molecule has 1 amide bonds. The van der Waals surface area contributed by atoms with Crippen LogP contribution in [0, 0.1) is 0 Å². The molecule has 1 heterocycles. The molecule has 0 bridgehead atoms. The summed E-state index contributed by atoms with van der Waals surface area (Å²) in [4.78, 5) is 14.6. The largest absolute Gasteiger partial charge is 0.493 e. The standard InChI is InChI=1S/C22H28N2O5/c1-15(22(25)23-13-17-6-8-19-21(12-17)29-14-28-19)24(2)10-9-16-5-7-18(26-3)20(11-16)27-4/h5-8,11-12,15H,9-10,13-14H2,1-4H3,(H,23,25). The number of nitrogens with one attached hydrogen (secondary N) is 1. The quantitative estimate of drug-likeness (QED) is 0.698. The second-order valence-electron chi connectivity index (χ2n) is 7.00. The minimum absolute atomic E-state index is 0.0162. The molecule has 0 aliphatic carbocycles. The summed E-state index contributed by atoms with van der Waals surface area (Å²) >= 11 is 0. The molecule has 2 aromatic carbocycles. The number of ether oxygens (including phenoxy) is 4. The number of likely N-dealkylation sites (N-methyl/N-ethyl adjacent to an activating group) is 1. The van der Waals surface area contributed by atoms with Gasteiger partial charge in [0.2, 0.25) is 12.7 Å². The molecular weight excluding hydrogens is 372 g/mol. The van der Waals surface area contributed by atoms with Crippen LogP contribution in [-0.2, 0) is 17.8 Å². The average molecular weight is 400 g/mol. The zero-order valence-corrected chi connectivity index (χ0v) is 17.4. The first-order valence-corrected chi connectivity index (χ1v) is 9.59. The molecule has 7 heteroatoms.